The summed E-state index contributed by atoms with van der Waals surface area (Å²) < 4.78 is 6.38. The zero-order valence-corrected chi connectivity index (χ0v) is 16.4. The molecule has 2 nitrogen and oxygen atoms in total. The molecule has 3 aliphatic rings. The SMILES string of the molecule is CCOC(=O)/C=C/C12CC[C@@](C)([C@H]1[CH2][Tl])C2(C)C. The summed E-state index contributed by atoms with van der Waals surface area (Å²) in [6.07, 6.45) is 6.42. The number of hydrogen-bond acceptors (Lipinski definition) is 2. The van der Waals surface area contributed by atoms with Crippen molar-refractivity contribution >= 4 is 31.7 Å². The van der Waals surface area contributed by atoms with Gasteiger partial charge in [0.05, 0.1) is 0 Å². The van der Waals surface area contributed by atoms with Gasteiger partial charge in [0, 0.05) is 0 Å². The molecule has 0 radical (unpaired) electrons. The Balaban J connectivity index is 2.23. The monoisotopic (exact) mass is 440 g/mol. The average molecular weight is 440 g/mol. The maximum absolute atomic E-state index is 11.5. The Bertz CT molecular complexity index is 388. The van der Waals surface area contributed by atoms with Crippen LogP contribution >= 0.6 is 0 Å². The number of esters is 1. The van der Waals surface area contributed by atoms with E-state index in [-0.39, 0.29) is 11.4 Å². The van der Waals surface area contributed by atoms with Gasteiger partial charge in [0.2, 0.25) is 0 Å². The van der Waals surface area contributed by atoms with E-state index < -0.39 is 0 Å². The molecule has 0 amide bonds. The minimum atomic E-state index is -0.183. The van der Waals surface area contributed by atoms with Gasteiger partial charge >= 0.3 is 127 Å². The normalized spacial score (nSPS) is 40.7. The first-order valence-electron chi connectivity index (χ1n) is 6.92. The van der Waals surface area contributed by atoms with E-state index in [9.17, 15) is 4.79 Å². The van der Waals surface area contributed by atoms with Crippen molar-refractivity contribution < 1.29 is 9.53 Å². The molecule has 2 bridgehead atoms. The minimum absolute atomic E-state index is 0.183. The first kappa shape index (κ1) is 14.5. The van der Waals surface area contributed by atoms with Crippen LogP contribution in [0.4, 0.5) is 0 Å². The molecule has 3 atom stereocenters. The molecule has 0 N–H and O–H groups in total. The van der Waals surface area contributed by atoms with Crippen LogP contribution in [0.25, 0.3) is 0 Å². The van der Waals surface area contributed by atoms with Gasteiger partial charge in [-0.05, 0) is 0 Å². The van der Waals surface area contributed by atoms with E-state index in [0.29, 0.717) is 17.4 Å². The Morgan fingerprint density at radius 1 is 1.39 bits per heavy atom. The van der Waals surface area contributed by atoms with E-state index in [1.165, 1.54) is 16.8 Å². The molecular weight excluding hydrogens is 417 g/mol. The van der Waals surface area contributed by atoms with Gasteiger partial charge in [-0.1, -0.05) is 0 Å². The van der Waals surface area contributed by atoms with E-state index in [4.69, 9.17) is 4.74 Å². The van der Waals surface area contributed by atoms with Crippen LogP contribution in [0.3, 0.4) is 0 Å². The van der Waals surface area contributed by atoms with Crippen LogP contribution in [0.5, 0.6) is 0 Å². The molecule has 3 heteroatoms. The van der Waals surface area contributed by atoms with Crippen LogP contribution in [0.1, 0.15) is 40.5 Å². The summed E-state index contributed by atoms with van der Waals surface area (Å²) in [4.78, 5) is 11.5. The second-order valence-electron chi connectivity index (χ2n) is 6.46. The summed E-state index contributed by atoms with van der Waals surface area (Å²) in [6.45, 7) is 9.52. The van der Waals surface area contributed by atoms with Crippen LogP contribution in [-0.2, 0) is 9.53 Å². The second-order valence-corrected chi connectivity index (χ2v) is 8.29. The van der Waals surface area contributed by atoms with Gasteiger partial charge in [0.15, 0.2) is 0 Å². The number of hydrogen-bond donors (Lipinski definition) is 0. The fourth-order valence-electron chi connectivity index (χ4n) is 4.62. The summed E-state index contributed by atoms with van der Waals surface area (Å²) in [5.74, 6) is 0.605. The van der Waals surface area contributed by atoms with Crippen molar-refractivity contribution in [1.29, 1.82) is 0 Å². The molecule has 1 unspecified atom stereocenters. The van der Waals surface area contributed by atoms with E-state index in [1.807, 2.05) is 6.92 Å². The molecule has 0 aromatic rings. The predicted octanol–water partition coefficient (Wildman–Crippen LogP) is 3.14. The number of carbonyl (C=O) groups is 1. The second kappa shape index (κ2) is 4.60. The molecular formula is C15H23O2Tl. The Morgan fingerprint density at radius 3 is 2.56 bits per heavy atom. The molecule has 0 spiro atoms. The summed E-state index contributed by atoms with van der Waals surface area (Å²) in [6, 6.07) is 0. The topological polar surface area (TPSA) is 26.3 Å². The third kappa shape index (κ3) is 1.59. The van der Waals surface area contributed by atoms with Gasteiger partial charge in [0.1, 0.15) is 0 Å². The van der Waals surface area contributed by atoms with E-state index in [0.717, 1.165) is 31.7 Å². The summed E-state index contributed by atoms with van der Waals surface area (Å²) in [7, 11) is 0. The van der Waals surface area contributed by atoms with E-state index in [2.05, 4.69) is 26.8 Å². The molecule has 0 heterocycles. The predicted molar refractivity (Wildman–Crippen MR) is 73.4 cm³/mol. The number of allylic oxidation sites excluding steroid dienone is 1. The molecule has 3 rings (SSSR count). The third-order valence-corrected chi connectivity index (χ3v) is 7.91. The van der Waals surface area contributed by atoms with Gasteiger partial charge < -0.3 is 0 Å². The Hall–Kier alpha value is 0.132. The standard InChI is InChI=1S/C15H23O2.Tl/c1-6-17-12(16)7-8-15-10-9-14(5,11(15)2)13(15,3)4;/h7-8,11H,2,6,9-10H2,1,3-5H3;/b8-7+;/t11-,14+,15?;/m1./s1. The van der Waals surface area contributed by atoms with Crippen LogP contribution in [0.2, 0.25) is 3.98 Å². The summed E-state index contributed by atoms with van der Waals surface area (Å²) >= 11 is 1.05. The molecule has 3 fully saturated rings. The quantitative estimate of drug-likeness (QED) is 0.382. The Kier molecular flexibility index (Phi) is 3.72. The first-order chi connectivity index (χ1) is 8.35. The van der Waals surface area contributed by atoms with Gasteiger partial charge in [-0.15, -0.1) is 0 Å². The van der Waals surface area contributed by atoms with Crippen molar-refractivity contribution in [2.75, 3.05) is 6.61 Å². The van der Waals surface area contributed by atoms with Crippen molar-refractivity contribution in [3.63, 3.8) is 0 Å². The van der Waals surface area contributed by atoms with Crippen LogP contribution < -0.4 is 0 Å². The van der Waals surface area contributed by atoms with Crippen LogP contribution in [-0.4, -0.2) is 38.3 Å². The molecule has 0 saturated heterocycles. The van der Waals surface area contributed by atoms with E-state index >= 15 is 0 Å². The van der Waals surface area contributed by atoms with Crippen molar-refractivity contribution in [1.82, 2.24) is 0 Å². The first-order valence-corrected chi connectivity index (χ1v) is 10.1. The zero-order valence-electron chi connectivity index (χ0n) is 12.0. The fraction of sp³-hybridized carbons (Fsp3) is 0.800. The maximum atomic E-state index is 11.5. The third-order valence-electron chi connectivity index (χ3n) is 6.08. The molecule has 3 saturated carbocycles. The summed E-state index contributed by atoms with van der Waals surface area (Å²) in [5, 5.41) is 0. The molecule has 0 aromatic heterocycles. The number of ether oxygens (including phenoxy) is 1. The number of rotatable bonds is 4. The summed E-state index contributed by atoms with van der Waals surface area (Å²) in [5.41, 5.74) is 1.06. The Labute approximate surface area is 126 Å². The molecule has 0 aliphatic heterocycles. The van der Waals surface area contributed by atoms with Gasteiger partial charge in [-0.25, -0.2) is 0 Å². The average Bonchev–Trinajstić information content (AvgIpc) is 2.72. The van der Waals surface area contributed by atoms with Crippen LogP contribution in [0.15, 0.2) is 12.2 Å². The van der Waals surface area contributed by atoms with Crippen molar-refractivity contribution in [2.45, 2.75) is 44.5 Å². The Morgan fingerprint density at radius 2 is 2.06 bits per heavy atom. The van der Waals surface area contributed by atoms with E-state index in [1.54, 1.807) is 6.08 Å². The molecule has 98 valence electrons. The number of fused-ring (bicyclic) bond motifs is 1. The zero-order chi connectivity index (χ0) is 13.6. The van der Waals surface area contributed by atoms with Crippen molar-refractivity contribution in [3.8, 4) is 0 Å². The fourth-order valence-corrected chi connectivity index (χ4v) is 8.28. The van der Waals surface area contributed by atoms with Gasteiger partial charge in [0.25, 0.3) is 0 Å². The number of carbonyl (C=O) groups excluding carboxylic acids is 1. The van der Waals surface area contributed by atoms with Gasteiger partial charge in [-0.3, -0.25) is 0 Å². The molecule has 18 heavy (non-hydrogen) atoms. The van der Waals surface area contributed by atoms with Crippen molar-refractivity contribution in [3.05, 3.63) is 12.2 Å². The van der Waals surface area contributed by atoms with Gasteiger partial charge in [-0.2, -0.15) is 0 Å². The van der Waals surface area contributed by atoms with Crippen LogP contribution in [0, 0.1) is 22.2 Å². The molecule has 0 aromatic carbocycles. The molecule has 3 aliphatic carbocycles. The van der Waals surface area contributed by atoms with Crippen molar-refractivity contribution in [2.24, 2.45) is 22.2 Å².